The molecule has 0 bridgehead atoms. The number of aromatic nitrogens is 2. The van der Waals surface area contributed by atoms with Gasteiger partial charge in [0.2, 0.25) is 0 Å². The number of nitrogens with zero attached hydrogens (tertiary/aromatic N) is 2. The summed E-state index contributed by atoms with van der Waals surface area (Å²) >= 11 is 0. The van der Waals surface area contributed by atoms with E-state index in [1.807, 2.05) is 0 Å². The van der Waals surface area contributed by atoms with Crippen LogP contribution in [0, 0.1) is 0 Å². The second kappa shape index (κ2) is 13.4. The maximum absolute atomic E-state index is 2.49. The molecule has 0 fully saturated rings. The Kier molecular flexibility index (Phi) is 7.85. The van der Waals surface area contributed by atoms with Crippen LogP contribution in [-0.4, -0.2) is 9.13 Å². The van der Waals surface area contributed by atoms with E-state index in [0.29, 0.717) is 0 Å². The van der Waals surface area contributed by atoms with Gasteiger partial charge in [-0.25, -0.2) is 0 Å². The number of benzene rings is 8. The molecular weight excluding hydrogens is 653 g/mol. The van der Waals surface area contributed by atoms with Gasteiger partial charge >= 0.3 is 0 Å². The molecule has 0 atom stereocenters. The van der Waals surface area contributed by atoms with Crippen molar-refractivity contribution in [1.29, 1.82) is 0 Å². The van der Waals surface area contributed by atoms with E-state index >= 15 is 0 Å². The fraction of sp³-hybridized carbons (Fsp3) is 0. The van der Waals surface area contributed by atoms with E-state index in [4.69, 9.17) is 0 Å². The molecule has 8 aromatic carbocycles. The second-order valence-electron chi connectivity index (χ2n) is 13.7. The van der Waals surface area contributed by atoms with E-state index in [2.05, 4.69) is 228 Å². The van der Waals surface area contributed by atoms with Crippen LogP contribution in [0.15, 0.2) is 218 Å². The first-order valence-electron chi connectivity index (χ1n) is 18.5. The van der Waals surface area contributed by atoms with Crippen molar-refractivity contribution in [3.63, 3.8) is 0 Å². The topological polar surface area (TPSA) is 9.86 Å². The zero-order valence-electron chi connectivity index (χ0n) is 29.7. The number of para-hydroxylation sites is 2. The minimum Gasteiger partial charge on any atom is -0.309 e. The zero-order valence-corrected chi connectivity index (χ0v) is 29.7. The first-order valence-corrected chi connectivity index (χ1v) is 18.5. The van der Waals surface area contributed by atoms with Crippen molar-refractivity contribution < 1.29 is 0 Å². The molecule has 0 aliphatic carbocycles. The van der Waals surface area contributed by atoms with E-state index in [-0.39, 0.29) is 0 Å². The molecule has 0 amide bonds. The van der Waals surface area contributed by atoms with Crippen LogP contribution in [0.3, 0.4) is 0 Å². The third-order valence-corrected chi connectivity index (χ3v) is 10.6. The standard InChI is InChI=1S/C52H36N2/c1-5-17-37(18-6-1)39-29-33-43(34-30-39)53-48-28-16-14-26-46(48)50(51(53)42-23-11-4-12-24-42)52-49(41-21-9-3-10-22-41)45-25-13-15-27-47(45)54(52)44-35-31-40(32-36-44)38-19-7-2-8-20-38/h1-36H. The van der Waals surface area contributed by atoms with E-state index in [1.165, 1.54) is 60.9 Å². The van der Waals surface area contributed by atoms with Gasteiger partial charge in [0.25, 0.3) is 0 Å². The average molecular weight is 689 g/mol. The lowest BCUT2D eigenvalue weighted by Crippen LogP contribution is -2.01. The zero-order chi connectivity index (χ0) is 35.8. The average Bonchev–Trinajstić information content (AvgIpc) is 3.78. The molecule has 10 aromatic rings. The Balaban J connectivity index is 1.32. The van der Waals surface area contributed by atoms with Crippen molar-refractivity contribution in [2.45, 2.75) is 0 Å². The number of rotatable bonds is 7. The summed E-state index contributed by atoms with van der Waals surface area (Å²) in [5.41, 5.74) is 16.5. The predicted octanol–water partition coefficient (Wildman–Crippen LogP) is 13.9. The summed E-state index contributed by atoms with van der Waals surface area (Å²) in [6.07, 6.45) is 0. The van der Waals surface area contributed by atoms with Gasteiger partial charge < -0.3 is 9.13 Å². The lowest BCUT2D eigenvalue weighted by Gasteiger charge is -2.17. The highest BCUT2D eigenvalue weighted by Crippen LogP contribution is 2.50. The maximum Gasteiger partial charge on any atom is 0.0647 e. The van der Waals surface area contributed by atoms with Crippen LogP contribution in [0.25, 0.3) is 89.1 Å². The molecule has 0 saturated carbocycles. The lowest BCUT2D eigenvalue weighted by atomic mass is 9.95. The van der Waals surface area contributed by atoms with Gasteiger partial charge in [0.05, 0.1) is 22.4 Å². The summed E-state index contributed by atoms with van der Waals surface area (Å²) in [6.45, 7) is 0. The Morgan fingerprint density at radius 1 is 0.222 bits per heavy atom. The molecule has 254 valence electrons. The Morgan fingerprint density at radius 3 is 1.02 bits per heavy atom. The molecule has 0 unspecified atom stereocenters. The highest BCUT2D eigenvalue weighted by molar-refractivity contribution is 6.14. The highest BCUT2D eigenvalue weighted by atomic mass is 15.0. The van der Waals surface area contributed by atoms with Gasteiger partial charge in [-0.1, -0.05) is 182 Å². The summed E-state index contributed by atoms with van der Waals surface area (Å²) in [4.78, 5) is 0. The van der Waals surface area contributed by atoms with Crippen molar-refractivity contribution in [1.82, 2.24) is 9.13 Å². The van der Waals surface area contributed by atoms with Crippen molar-refractivity contribution in [3.8, 4) is 67.3 Å². The van der Waals surface area contributed by atoms with E-state index in [0.717, 1.165) is 28.1 Å². The first kappa shape index (κ1) is 31.6. The van der Waals surface area contributed by atoms with Crippen LogP contribution in [0.4, 0.5) is 0 Å². The maximum atomic E-state index is 2.49. The Morgan fingerprint density at radius 2 is 0.556 bits per heavy atom. The van der Waals surface area contributed by atoms with Gasteiger partial charge in [0, 0.05) is 33.3 Å². The number of hydrogen-bond donors (Lipinski definition) is 0. The van der Waals surface area contributed by atoms with Gasteiger partial charge in [-0.15, -0.1) is 0 Å². The molecule has 2 heteroatoms. The predicted molar refractivity (Wildman–Crippen MR) is 227 cm³/mol. The molecule has 2 aromatic heterocycles. The molecule has 10 rings (SSSR count). The van der Waals surface area contributed by atoms with Crippen LogP contribution in [0.1, 0.15) is 0 Å². The largest absolute Gasteiger partial charge is 0.309 e. The monoisotopic (exact) mass is 688 g/mol. The normalized spacial score (nSPS) is 11.3. The summed E-state index contributed by atoms with van der Waals surface area (Å²) in [6, 6.07) is 78.8. The number of fused-ring (bicyclic) bond motifs is 2. The third kappa shape index (κ3) is 5.36. The molecule has 0 spiro atoms. The van der Waals surface area contributed by atoms with Crippen LogP contribution < -0.4 is 0 Å². The molecule has 0 N–H and O–H groups in total. The molecule has 0 radical (unpaired) electrons. The van der Waals surface area contributed by atoms with Crippen LogP contribution >= 0.6 is 0 Å². The minimum atomic E-state index is 1.12. The summed E-state index contributed by atoms with van der Waals surface area (Å²) in [5.74, 6) is 0. The Hall–Kier alpha value is -7.16. The number of hydrogen-bond acceptors (Lipinski definition) is 0. The Labute approximate surface area is 315 Å². The van der Waals surface area contributed by atoms with Crippen LogP contribution in [0.5, 0.6) is 0 Å². The van der Waals surface area contributed by atoms with Gasteiger partial charge in [-0.05, 0) is 69.8 Å². The smallest absolute Gasteiger partial charge is 0.0647 e. The van der Waals surface area contributed by atoms with Gasteiger partial charge in [0.1, 0.15) is 0 Å². The van der Waals surface area contributed by atoms with Gasteiger partial charge in [-0.3, -0.25) is 0 Å². The minimum absolute atomic E-state index is 1.12. The first-order chi connectivity index (χ1) is 26.8. The second-order valence-corrected chi connectivity index (χ2v) is 13.7. The fourth-order valence-corrected chi connectivity index (χ4v) is 8.13. The summed E-state index contributed by atoms with van der Waals surface area (Å²) < 4.78 is 4.95. The van der Waals surface area contributed by atoms with E-state index in [9.17, 15) is 0 Å². The lowest BCUT2D eigenvalue weighted by molar-refractivity contribution is 1.12. The highest BCUT2D eigenvalue weighted by Gasteiger charge is 2.29. The van der Waals surface area contributed by atoms with Crippen molar-refractivity contribution >= 4 is 21.8 Å². The molecular formula is C52H36N2. The van der Waals surface area contributed by atoms with Crippen LogP contribution in [-0.2, 0) is 0 Å². The van der Waals surface area contributed by atoms with Gasteiger partial charge in [0.15, 0.2) is 0 Å². The molecule has 54 heavy (non-hydrogen) atoms. The fourth-order valence-electron chi connectivity index (χ4n) is 8.13. The molecule has 0 aliphatic rings. The van der Waals surface area contributed by atoms with Crippen LogP contribution in [0.2, 0.25) is 0 Å². The SMILES string of the molecule is c1ccc(-c2ccc(-n3c(-c4ccccc4)c(-c4c(-c5ccccc5)c5ccccc5n4-c4ccc(-c5ccccc5)cc4)c4ccccc43)cc2)cc1. The summed E-state index contributed by atoms with van der Waals surface area (Å²) in [5, 5.41) is 2.42. The third-order valence-electron chi connectivity index (χ3n) is 10.6. The van der Waals surface area contributed by atoms with Crippen molar-refractivity contribution in [3.05, 3.63) is 218 Å². The van der Waals surface area contributed by atoms with E-state index < -0.39 is 0 Å². The van der Waals surface area contributed by atoms with E-state index in [1.54, 1.807) is 0 Å². The molecule has 0 saturated heterocycles. The quantitative estimate of drug-likeness (QED) is 0.158. The van der Waals surface area contributed by atoms with Gasteiger partial charge in [-0.2, -0.15) is 0 Å². The van der Waals surface area contributed by atoms with Crippen molar-refractivity contribution in [2.24, 2.45) is 0 Å². The molecule has 2 nitrogen and oxygen atoms in total. The van der Waals surface area contributed by atoms with Crippen molar-refractivity contribution in [2.75, 3.05) is 0 Å². The molecule has 2 heterocycles. The molecule has 0 aliphatic heterocycles. The summed E-state index contributed by atoms with van der Waals surface area (Å²) in [7, 11) is 0. The Bertz CT molecular complexity index is 2870.